The molecule has 0 atom stereocenters. The van der Waals surface area contributed by atoms with Gasteiger partial charge in [-0.3, -0.25) is 4.79 Å². The maximum Gasteiger partial charge on any atom is 0.207 e. The third-order valence-electron chi connectivity index (χ3n) is 1.77. The third kappa shape index (κ3) is 2.29. The molecule has 14 heavy (non-hydrogen) atoms. The van der Waals surface area contributed by atoms with Gasteiger partial charge in [0.05, 0.1) is 0 Å². The summed E-state index contributed by atoms with van der Waals surface area (Å²) in [6, 6.07) is 2.67. The second kappa shape index (κ2) is 4.36. The van der Waals surface area contributed by atoms with Crippen molar-refractivity contribution in [3.63, 3.8) is 0 Å². The molecule has 0 spiro atoms. The Labute approximate surface area is 80.6 Å². The Hall–Kier alpha value is -1.91. The number of rotatable bonds is 4. The molecule has 0 radical (unpaired) electrons. The van der Waals surface area contributed by atoms with Gasteiger partial charge in [-0.2, -0.15) is 0 Å². The Morgan fingerprint density at radius 3 is 2.29 bits per heavy atom. The van der Waals surface area contributed by atoms with Crippen LogP contribution in [0.5, 0.6) is 17.2 Å². The van der Waals surface area contributed by atoms with Crippen LogP contribution in [-0.2, 0) is 11.2 Å². The number of hydrogen-bond acceptors (Lipinski definition) is 4. The molecule has 1 amide bonds. The monoisotopic (exact) mass is 197 g/mol. The second-order valence-corrected chi connectivity index (χ2v) is 2.80. The molecule has 0 aliphatic heterocycles. The standard InChI is InChI=1S/C9H11NO4/c11-5-10-2-1-6-3-7(12)9(14)8(13)4-6/h3-5,12-14H,1-2H2,(H,10,11). The average Bonchev–Trinajstić information content (AvgIpc) is 2.14. The predicted octanol–water partition coefficient (Wildman–Crippen LogP) is 0.0919. The van der Waals surface area contributed by atoms with Gasteiger partial charge < -0.3 is 20.6 Å². The normalized spacial score (nSPS) is 9.71. The first-order valence-corrected chi connectivity index (χ1v) is 4.06. The highest BCUT2D eigenvalue weighted by atomic mass is 16.3. The summed E-state index contributed by atoms with van der Waals surface area (Å²) in [5, 5.41) is 29.7. The molecule has 0 saturated heterocycles. The Balaban J connectivity index is 2.74. The third-order valence-corrected chi connectivity index (χ3v) is 1.77. The number of phenols is 3. The van der Waals surface area contributed by atoms with Gasteiger partial charge in [0.2, 0.25) is 6.41 Å². The van der Waals surface area contributed by atoms with Crippen LogP contribution in [-0.4, -0.2) is 28.3 Å². The molecule has 4 N–H and O–H groups in total. The van der Waals surface area contributed by atoms with Gasteiger partial charge in [0, 0.05) is 6.54 Å². The Kier molecular flexibility index (Phi) is 3.17. The Morgan fingerprint density at radius 2 is 1.79 bits per heavy atom. The summed E-state index contributed by atoms with van der Waals surface area (Å²) < 4.78 is 0. The molecule has 5 nitrogen and oxygen atoms in total. The van der Waals surface area contributed by atoms with Crippen LogP contribution in [0.1, 0.15) is 5.56 Å². The fraction of sp³-hybridized carbons (Fsp3) is 0.222. The molecule has 5 heteroatoms. The minimum atomic E-state index is -0.530. The number of carbonyl (C=O) groups is 1. The van der Waals surface area contributed by atoms with Crippen molar-refractivity contribution in [1.82, 2.24) is 5.32 Å². The van der Waals surface area contributed by atoms with Gasteiger partial charge in [0.1, 0.15) is 0 Å². The van der Waals surface area contributed by atoms with Crippen molar-refractivity contribution < 1.29 is 20.1 Å². The molecule has 1 rings (SSSR count). The zero-order valence-corrected chi connectivity index (χ0v) is 7.40. The lowest BCUT2D eigenvalue weighted by Crippen LogP contribution is -2.14. The van der Waals surface area contributed by atoms with E-state index in [2.05, 4.69) is 5.32 Å². The zero-order valence-electron chi connectivity index (χ0n) is 7.40. The van der Waals surface area contributed by atoms with Crippen LogP contribution < -0.4 is 5.32 Å². The molecular weight excluding hydrogens is 186 g/mol. The zero-order chi connectivity index (χ0) is 10.6. The van der Waals surface area contributed by atoms with Gasteiger partial charge >= 0.3 is 0 Å². The smallest absolute Gasteiger partial charge is 0.207 e. The molecule has 1 aromatic carbocycles. The van der Waals surface area contributed by atoms with Gasteiger partial charge in [0.25, 0.3) is 0 Å². The van der Waals surface area contributed by atoms with Crippen molar-refractivity contribution in [2.24, 2.45) is 0 Å². The van der Waals surface area contributed by atoms with E-state index < -0.39 is 5.75 Å². The van der Waals surface area contributed by atoms with Crippen molar-refractivity contribution >= 4 is 6.41 Å². The molecule has 0 saturated carbocycles. The van der Waals surface area contributed by atoms with Crippen molar-refractivity contribution in [1.29, 1.82) is 0 Å². The van der Waals surface area contributed by atoms with E-state index in [0.717, 1.165) is 0 Å². The number of amides is 1. The molecule has 0 heterocycles. The van der Waals surface area contributed by atoms with Gasteiger partial charge in [-0.1, -0.05) is 0 Å². The van der Waals surface area contributed by atoms with Crippen molar-refractivity contribution in [2.75, 3.05) is 6.54 Å². The molecular formula is C9H11NO4. The lowest BCUT2D eigenvalue weighted by molar-refractivity contribution is -0.109. The van der Waals surface area contributed by atoms with Gasteiger partial charge in [-0.25, -0.2) is 0 Å². The fourth-order valence-electron chi connectivity index (χ4n) is 1.08. The molecule has 0 bridgehead atoms. The number of carbonyl (C=O) groups excluding carboxylic acids is 1. The Bertz CT molecular complexity index is 315. The highest BCUT2D eigenvalue weighted by molar-refractivity contribution is 5.51. The van der Waals surface area contributed by atoms with Crippen LogP contribution in [0.2, 0.25) is 0 Å². The van der Waals surface area contributed by atoms with Crippen LogP contribution in [0, 0.1) is 0 Å². The molecule has 0 fully saturated rings. The predicted molar refractivity (Wildman–Crippen MR) is 49.2 cm³/mol. The number of nitrogens with one attached hydrogen (secondary N) is 1. The van der Waals surface area contributed by atoms with Gasteiger partial charge in [-0.05, 0) is 24.1 Å². The summed E-state index contributed by atoms with van der Waals surface area (Å²) >= 11 is 0. The second-order valence-electron chi connectivity index (χ2n) is 2.80. The average molecular weight is 197 g/mol. The number of benzene rings is 1. The quantitative estimate of drug-likeness (QED) is 0.313. The van der Waals surface area contributed by atoms with Gasteiger partial charge in [0.15, 0.2) is 17.2 Å². The van der Waals surface area contributed by atoms with Crippen molar-refractivity contribution in [3.8, 4) is 17.2 Å². The molecule has 0 aliphatic rings. The lowest BCUT2D eigenvalue weighted by Gasteiger charge is -2.05. The summed E-state index contributed by atoms with van der Waals surface area (Å²) in [6.45, 7) is 0.410. The molecule has 0 unspecified atom stereocenters. The van der Waals surface area contributed by atoms with E-state index >= 15 is 0 Å². The van der Waals surface area contributed by atoms with Crippen LogP contribution in [0.4, 0.5) is 0 Å². The minimum absolute atomic E-state index is 0.369. The van der Waals surface area contributed by atoms with Crippen molar-refractivity contribution in [2.45, 2.75) is 6.42 Å². The first-order valence-electron chi connectivity index (χ1n) is 4.06. The van der Waals surface area contributed by atoms with Crippen LogP contribution in [0.3, 0.4) is 0 Å². The molecule has 76 valence electrons. The topological polar surface area (TPSA) is 89.8 Å². The van der Waals surface area contributed by atoms with E-state index in [9.17, 15) is 4.79 Å². The van der Waals surface area contributed by atoms with E-state index in [1.54, 1.807) is 0 Å². The lowest BCUT2D eigenvalue weighted by atomic mass is 10.1. The number of phenolic OH excluding ortho intramolecular Hbond substituents is 3. The molecule has 1 aromatic rings. The van der Waals surface area contributed by atoms with E-state index in [1.807, 2.05) is 0 Å². The van der Waals surface area contributed by atoms with E-state index in [0.29, 0.717) is 24.9 Å². The summed E-state index contributed by atoms with van der Waals surface area (Å²) in [4.78, 5) is 9.93. The molecule has 0 aromatic heterocycles. The fourth-order valence-corrected chi connectivity index (χ4v) is 1.08. The van der Waals surface area contributed by atoms with Crippen LogP contribution in [0.25, 0.3) is 0 Å². The van der Waals surface area contributed by atoms with Gasteiger partial charge in [-0.15, -0.1) is 0 Å². The first-order chi connectivity index (χ1) is 6.65. The van der Waals surface area contributed by atoms with Crippen LogP contribution in [0.15, 0.2) is 12.1 Å². The summed E-state index contributed by atoms with van der Waals surface area (Å²) in [5.74, 6) is -1.27. The maximum absolute atomic E-state index is 9.93. The maximum atomic E-state index is 9.93. The minimum Gasteiger partial charge on any atom is -0.504 e. The molecule has 0 aliphatic carbocycles. The summed E-state index contributed by atoms with van der Waals surface area (Å²) in [5.41, 5.74) is 0.632. The van der Waals surface area contributed by atoms with E-state index in [1.165, 1.54) is 12.1 Å². The largest absolute Gasteiger partial charge is 0.504 e. The van der Waals surface area contributed by atoms with E-state index in [-0.39, 0.29) is 11.5 Å². The highest BCUT2D eigenvalue weighted by Crippen LogP contribution is 2.35. The number of hydrogen-bond donors (Lipinski definition) is 4. The summed E-state index contributed by atoms with van der Waals surface area (Å²) in [6.07, 6.45) is 1.04. The highest BCUT2D eigenvalue weighted by Gasteiger charge is 2.07. The van der Waals surface area contributed by atoms with E-state index in [4.69, 9.17) is 15.3 Å². The summed E-state index contributed by atoms with van der Waals surface area (Å²) in [7, 11) is 0. The first kappa shape index (κ1) is 10.2. The SMILES string of the molecule is O=CNCCc1cc(O)c(O)c(O)c1. The van der Waals surface area contributed by atoms with Crippen LogP contribution >= 0.6 is 0 Å². The Morgan fingerprint density at radius 1 is 1.21 bits per heavy atom. The van der Waals surface area contributed by atoms with Crippen molar-refractivity contribution in [3.05, 3.63) is 17.7 Å². The number of aromatic hydroxyl groups is 3.